The lowest BCUT2D eigenvalue weighted by Crippen LogP contribution is -2.31. The summed E-state index contributed by atoms with van der Waals surface area (Å²) < 4.78 is 9.92. The first kappa shape index (κ1) is 22.7. The summed E-state index contributed by atoms with van der Waals surface area (Å²) in [5, 5.41) is 9.56. The van der Waals surface area contributed by atoms with E-state index >= 15 is 0 Å². The predicted molar refractivity (Wildman–Crippen MR) is 87.4 cm³/mol. The Morgan fingerprint density at radius 3 is 1.90 bits per heavy atom. The van der Waals surface area contributed by atoms with Crippen LogP contribution in [0.3, 0.4) is 0 Å². The molecule has 0 saturated heterocycles. The second-order valence-electron chi connectivity index (χ2n) is 6.03. The van der Waals surface area contributed by atoms with Gasteiger partial charge in [0.1, 0.15) is 5.60 Å². The van der Waals surface area contributed by atoms with Crippen molar-refractivity contribution in [2.75, 3.05) is 13.2 Å². The number of ether oxygens (including phenoxy) is 2. The van der Waals surface area contributed by atoms with Crippen molar-refractivity contribution in [3.8, 4) is 0 Å². The summed E-state index contributed by atoms with van der Waals surface area (Å²) in [6, 6.07) is 0. The molecule has 21 heavy (non-hydrogen) atoms. The molecule has 4 nitrogen and oxygen atoms in total. The Morgan fingerprint density at radius 2 is 1.52 bits per heavy atom. The lowest BCUT2D eigenvalue weighted by Gasteiger charge is -2.21. The van der Waals surface area contributed by atoms with Crippen molar-refractivity contribution in [2.45, 2.75) is 91.8 Å². The zero-order valence-electron chi connectivity index (χ0n) is 14.9. The van der Waals surface area contributed by atoms with E-state index in [1.165, 1.54) is 19.3 Å². The highest BCUT2D eigenvalue weighted by Crippen LogP contribution is 2.12. The van der Waals surface area contributed by atoms with E-state index in [2.05, 4.69) is 6.92 Å². The topological polar surface area (TPSA) is 55.8 Å². The van der Waals surface area contributed by atoms with Gasteiger partial charge in [-0.15, -0.1) is 0 Å². The minimum absolute atomic E-state index is 0.497. The molecule has 0 aromatic carbocycles. The Labute approximate surface area is 131 Å². The van der Waals surface area contributed by atoms with Crippen molar-refractivity contribution in [3.63, 3.8) is 0 Å². The largest absolute Gasteiger partial charge is 0.458 e. The summed E-state index contributed by atoms with van der Waals surface area (Å²) in [6.07, 6.45) is 5.13. The molecule has 1 atom stereocenters. The highest BCUT2D eigenvalue weighted by atomic mass is 16.6. The van der Waals surface area contributed by atoms with E-state index in [1.54, 1.807) is 20.8 Å². The first-order valence-corrected chi connectivity index (χ1v) is 8.27. The number of carbonyl (C=O) groups excluding carboxylic acids is 1. The molecule has 1 N–H and O–H groups in total. The average molecular weight is 304 g/mol. The average Bonchev–Trinajstić information content (AvgIpc) is 2.38. The van der Waals surface area contributed by atoms with Crippen LogP contribution in [-0.2, 0) is 14.3 Å². The number of unbranched alkanes of at least 4 members (excludes halogenated alkanes) is 4. The van der Waals surface area contributed by atoms with Crippen LogP contribution in [0.1, 0.15) is 80.1 Å². The molecule has 0 aliphatic carbocycles. The van der Waals surface area contributed by atoms with Gasteiger partial charge in [0.15, 0.2) is 6.10 Å². The second-order valence-corrected chi connectivity index (χ2v) is 6.03. The molecule has 0 saturated carbocycles. The minimum atomic E-state index is -0.958. The van der Waals surface area contributed by atoms with Crippen molar-refractivity contribution >= 4 is 5.97 Å². The molecule has 0 aromatic heterocycles. The van der Waals surface area contributed by atoms with Crippen molar-refractivity contribution in [1.82, 2.24) is 0 Å². The molecule has 0 bridgehead atoms. The Kier molecular flexibility index (Phi) is 15.5. The summed E-state index contributed by atoms with van der Waals surface area (Å²) in [5.74, 6) is -0.497. The summed E-state index contributed by atoms with van der Waals surface area (Å²) in [7, 11) is 0. The van der Waals surface area contributed by atoms with Crippen LogP contribution in [0, 0.1) is 0 Å². The number of aliphatic hydroxyl groups excluding tert-OH is 1. The van der Waals surface area contributed by atoms with Gasteiger partial charge in [-0.1, -0.05) is 39.0 Å². The monoisotopic (exact) mass is 304 g/mol. The van der Waals surface area contributed by atoms with Crippen molar-refractivity contribution < 1.29 is 19.4 Å². The standard InChI is InChI=1S/C13H26O3.C4H10O/c1-5-6-7-8-9-10-11(14)12(15)16-13(2,3)4;1-3-5-4-2/h11,14H,5-10H2,1-4H3;3-4H2,1-2H3. The summed E-state index contributed by atoms with van der Waals surface area (Å²) in [4.78, 5) is 11.4. The van der Waals surface area contributed by atoms with Gasteiger partial charge in [0.2, 0.25) is 0 Å². The van der Waals surface area contributed by atoms with Crippen LogP contribution in [0.2, 0.25) is 0 Å². The van der Waals surface area contributed by atoms with E-state index in [9.17, 15) is 9.90 Å². The number of hydrogen-bond donors (Lipinski definition) is 1. The molecule has 0 fully saturated rings. The Morgan fingerprint density at radius 1 is 1.00 bits per heavy atom. The normalized spacial score (nSPS) is 12.3. The molecule has 4 heteroatoms. The maximum absolute atomic E-state index is 11.4. The fourth-order valence-electron chi connectivity index (χ4n) is 1.63. The third-order valence-corrected chi connectivity index (χ3v) is 2.67. The predicted octanol–water partition coefficient (Wildman–Crippen LogP) is 4.09. The van der Waals surface area contributed by atoms with Crippen LogP contribution in [0.4, 0.5) is 0 Å². The van der Waals surface area contributed by atoms with E-state index in [1.807, 2.05) is 13.8 Å². The molecule has 0 rings (SSSR count). The molecular formula is C17H36O4. The van der Waals surface area contributed by atoms with Crippen LogP contribution < -0.4 is 0 Å². The molecule has 0 heterocycles. The molecule has 1 unspecified atom stereocenters. The van der Waals surface area contributed by atoms with Crippen LogP contribution in [0.25, 0.3) is 0 Å². The number of rotatable bonds is 9. The molecule has 0 spiro atoms. The summed E-state index contributed by atoms with van der Waals surface area (Å²) >= 11 is 0. The fourth-order valence-corrected chi connectivity index (χ4v) is 1.63. The third kappa shape index (κ3) is 19.4. The van der Waals surface area contributed by atoms with E-state index < -0.39 is 17.7 Å². The Balaban J connectivity index is 0. The smallest absolute Gasteiger partial charge is 0.335 e. The van der Waals surface area contributed by atoms with Gasteiger partial charge in [-0.2, -0.15) is 0 Å². The maximum Gasteiger partial charge on any atom is 0.335 e. The van der Waals surface area contributed by atoms with Gasteiger partial charge in [-0.3, -0.25) is 0 Å². The van der Waals surface area contributed by atoms with Gasteiger partial charge >= 0.3 is 5.97 Å². The van der Waals surface area contributed by atoms with Gasteiger partial charge in [0.25, 0.3) is 0 Å². The first-order valence-electron chi connectivity index (χ1n) is 8.27. The molecular weight excluding hydrogens is 268 g/mol. The van der Waals surface area contributed by atoms with Crippen LogP contribution in [0.15, 0.2) is 0 Å². The molecule has 0 aliphatic rings. The molecule has 128 valence electrons. The quantitative estimate of drug-likeness (QED) is 0.515. The van der Waals surface area contributed by atoms with E-state index in [-0.39, 0.29) is 0 Å². The Hall–Kier alpha value is -0.610. The highest BCUT2D eigenvalue weighted by molar-refractivity contribution is 5.74. The number of esters is 1. The van der Waals surface area contributed by atoms with Crippen molar-refractivity contribution in [3.05, 3.63) is 0 Å². The van der Waals surface area contributed by atoms with E-state index in [0.717, 1.165) is 26.1 Å². The fraction of sp³-hybridized carbons (Fsp3) is 0.941. The lowest BCUT2D eigenvalue weighted by molar-refractivity contribution is -0.165. The number of hydrogen-bond acceptors (Lipinski definition) is 4. The highest BCUT2D eigenvalue weighted by Gasteiger charge is 2.22. The second kappa shape index (κ2) is 14.3. The van der Waals surface area contributed by atoms with Crippen molar-refractivity contribution in [1.29, 1.82) is 0 Å². The zero-order valence-corrected chi connectivity index (χ0v) is 14.9. The lowest BCUT2D eigenvalue weighted by atomic mass is 10.1. The van der Waals surface area contributed by atoms with E-state index in [0.29, 0.717) is 6.42 Å². The first-order chi connectivity index (χ1) is 9.78. The Bertz CT molecular complexity index is 231. The van der Waals surface area contributed by atoms with Crippen molar-refractivity contribution in [2.24, 2.45) is 0 Å². The minimum Gasteiger partial charge on any atom is -0.458 e. The van der Waals surface area contributed by atoms with Gasteiger partial charge in [0, 0.05) is 13.2 Å². The number of carbonyl (C=O) groups is 1. The molecule has 0 aliphatic heterocycles. The third-order valence-electron chi connectivity index (χ3n) is 2.67. The van der Waals surface area contributed by atoms with E-state index in [4.69, 9.17) is 9.47 Å². The summed E-state index contributed by atoms with van der Waals surface area (Å²) in [6.45, 7) is 13.2. The zero-order chi connectivity index (χ0) is 16.7. The van der Waals surface area contributed by atoms with Crippen LogP contribution in [-0.4, -0.2) is 36.0 Å². The van der Waals surface area contributed by atoms with Gasteiger partial charge < -0.3 is 14.6 Å². The molecule has 0 radical (unpaired) electrons. The van der Waals surface area contributed by atoms with Gasteiger partial charge in [-0.05, 0) is 41.0 Å². The SMILES string of the molecule is CCCCCCCC(O)C(=O)OC(C)(C)C.CCOCC. The number of aliphatic hydroxyl groups is 1. The van der Waals surface area contributed by atoms with Crippen LogP contribution >= 0.6 is 0 Å². The summed E-state index contributed by atoms with van der Waals surface area (Å²) in [5.41, 5.74) is -0.514. The van der Waals surface area contributed by atoms with Gasteiger partial charge in [-0.25, -0.2) is 4.79 Å². The molecule has 0 aromatic rings. The maximum atomic E-state index is 11.4. The van der Waals surface area contributed by atoms with Crippen LogP contribution in [0.5, 0.6) is 0 Å². The molecule has 0 amide bonds. The van der Waals surface area contributed by atoms with Gasteiger partial charge in [0.05, 0.1) is 0 Å².